The highest BCUT2D eigenvalue weighted by Gasteiger charge is 2.46. The molecular formula is C20H22O6. The van der Waals surface area contributed by atoms with Crippen molar-refractivity contribution >= 4 is 17.9 Å². The van der Waals surface area contributed by atoms with Crippen molar-refractivity contribution < 1.29 is 28.6 Å². The number of allylic oxidation sites excluding steroid dienone is 1. The lowest BCUT2D eigenvalue weighted by Gasteiger charge is -2.26. The summed E-state index contributed by atoms with van der Waals surface area (Å²) in [7, 11) is 0. The topological polar surface area (TPSA) is 78.9 Å². The highest BCUT2D eigenvalue weighted by Crippen LogP contribution is 2.38. The van der Waals surface area contributed by atoms with Gasteiger partial charge >= 0.3 is 17.9 Å². The minimum absolute atomic E-state index is 0.155. The van der Waals surface area contributed by atoms with Crippen molar-refractivity contribution in [2.24, 2.45) is 5.92 Å². The van der Waals surface area contributed by atoms with E-state index in [1.54, 1.807) is 26.0 Å². The van der Waals surface area contributed by atoms with Crippen molar-refractivity contribution in [1.29, 1.82) is 0 Å². The maximum Gasteiger partial charge on any atom is 0.334 e. The Hall–Kier alpha value is -2.63. The van der Waals surface area contributed by atoms with Gasteiger partial charge in [-0.2, -0.15) is 0 Å². The minimum Gasteiger partial charge on any atom is -0.458 e. The van der Waals surface area contributed by atoms with Crippen LogP contribution in [0, 0.1) is 5.92 Å². The molecule has 3 aliphatic rings. The molecule has 0 aromatic rings. The number of esters is 3. The van der Waals surface area contributed by atoms with Crippen LogP contribution in [0.4, 0.5) is 0 Å². The van der Waals surface area contributed by atoms with E-state index >= 15 is 0 Å². The summed E-state index contributed by atoms with van der Waals surface area (Å²) in [6.45, 7) is 9.10. The summed E-state index contributed by atoms with van der Waals surface area (Å²) in [5.41, 5.74) is 2.07. The van der Waals surface area contributed by atoms with E-state index in [9.17, 15) is 14.4 Å². The first kappa shape index (κ1) is 18.2. The Labute approximate surface area is 152 Å². The predicted molar refractivity (Wildman–Crippen MR) is 92.8 cm³/mol. The van der Waals surface area contributed by atoms with Crippen LogP contribution in [0.2, 0.25) is 0 Å². The molecule has 0 N–H and O–H groups in total. The summed E-state index contributed by atoms with van der Waals surface area (Å²) < 4.78 is 16.5. The second-order valence-electron chi connectivity index (χ2n) is 6.89. The van der Waals surface area contributed by atoms with Crippen LogP contribution >= 0.6 is 0 Å². The van der Waals surface area contributed by atoms with Crippen molar-refractivity contribution in [3.63, 3.8) is 0 Å². The zero-order valence-electron chi connectivity index (χ0n) is 15.1. The number of hydrogen-bond donors (Lipinski definition) is 0. The molecule has 0 amide bonds. The molecule has 138 valence electrons. The largest absolute Gasteiger partial charge is 0.458 e. The fourth-order valence-corrected chi connectivity index (χ4v) is 3.44. The van der Waals surface area contributed by atoms with E-state index in [-0.39, 0.29) is 18.1 Å². The van der Waals surface area contributed by atoms with Crippen LogP contribution in [-0.4, -0.2) is 36.2 Å². The van der Waals surface area contributed by atoms with Gasteiger partial charge in [0.05, 0.1) is 5.92 Å². The summed E-state index contributed by atoms with van der Waals surface area (Å²) in [6, 6.07) is 0. The standard InChI is InChI=1S/C20H22O6/c1-5-11(3)18(21)25-16-9-13-8-14(24-20(13)23)6-10(2)7-15-17(16)12(4)19(22)26-15/h5,7-8,14-17H,4,6,9H2,1-3H3/b10-7-,11-5-/t14-,15+,16-,17+/m0/s1. The third kappa shape index (κ3) is 3.36. The van der Waals surface area contributed by atoms with E-state index in [1.165, 1.54) is 0 Å². The van der Waals surface area contributed by atoms with Crippen LogP contribution in [0.3, 0.4) is 0 Å². The third-order valence-electron chi connectivity index (χ3n) is 4.98. The van der Waals surface area contributed by atoms with E-state index in [1.807, 2.05) is 13.0 Å². The van der Waals surface area contributed by atoms with Gasteiger partial charge in [0.15, 0.2) is 0 Å². The maximum absolute atomic E-state index is 12.3. The van der Waals surface area contributed by atoms with Gasteiger partial charge in [-0.25, -0.2) is 14.4 Å². The summed E-state index contributed by atoms with van der Waals surface area (Å²) >= 11 is 0. The quantitative estimate of drug-likeness (QED) is 0.327. The first-order valence-corrected chi connectivity index (χ1v) is 8.62. The van der Waals surface area contributed by atoms with Gasteiger partial charge in [-0.05, 0) is 32.9 Å². The maximum atomic E-state index is 12.3. The fraction of sp³-hybridized carbons (Fsp3) is 0.450. The molecule has 0 aromatic heterocycles. The second kappa shape index (κ2) is 6.94. The average molecular weight is 358 g/mol. The summed E-state index contributed by atoms with van der Waals surface area (Å²) in [5.74, 6) is -1.96. The van der Waals surface area contributed by atoms with Gasteiger partial charge in [0, 0.05) is 29.6 Å². The van der Waals surface area contributed by atoms with Gasteiger partial charge in [0.1, 0.15) is 18.3 Å². The zero-order valence-corrected chi connectivity index (χ0v) is 15.1. The molecule has 1 aliphatic carbocycles. The van der Waals surface area contributed by atoms with E-state index in [0.29, 0.717) is 17.6 Å². The Kier molecular flexibility index (Phi) is 4.85. The minimum atomic E-state index is -0.749. The number of hydrogen-bond acceptors (Lipinski definition) is 6. The molecule has 6 nitrogen and oxygen atoms in total. The van der Waals surface area contributed by atoms with Crippen molar-refractivity contribution in [3.05, 3.63) is 47.1 Å². The molecule has 3 rings (SSSR count). The highest BCUT2D eigenvalue weighted by atomic mass is 16.6. The number of rotatable bonds is 2. The Morgan fingerprint density at radius 3 is 2.65 bits per heavy atom. The molecule has 0 radical (unpaired) electrons. The zero-order chi connectivity index (χ0) is 19.0. The Bertz CT molecular complexity index is 769. The predicted octanol–water partition coefficient (Wildman–Crippen LogP) is 2.55. The molecule has 2 bridgehead atoms. The van der Waals surface area contributed by atoms with Gasteiger partial charge in [0.25, 0.3) is 0 Å². The van der Waals surface area contributed by atoms with Crippen LogP contribution in [-0.2, 0) is 28.6 Å². The van der Waals surface area contributed by atoms with Gasteiger partial charge in [0.2, 0.25) is 0 Å². The smallest absolute Gasteiger partial charge is 0.334 e. The van der Waals surface area contributed by atoms with E-state index in [0.717, 1.165) is 5.57 Å². The molecule has 1 fully saturated rings. The lowest BCUT2D eigenvalue weighted by molar-refractivity contribution is -0.148. The molecular weight excluding hydrogens is 336 g/mol. The molecule has 1 saturated heterocycles. The number of carbonyl (C=O) groups is 3. The van der Waals surface area contributed by atoms with Crippen molar-refractivity contribution in [3.8, 4) is 0 Å². The van der Waals surface area contributed by atoms with E-state index < -0.39 is 36.0 Å². The van der Waals surface area contributed by atoms with Gasteiger partial charge < -0.3 is 14.2 Å². The summed E-state index contributed by atoms with van der Waals surface area (Å²) in [6.07, 6.45) is 4.26. The normalized spacial score (nSPS) is 33.5. The molecule has 0 spiro atoms. The van der Waals surface area contributed by atoms with Crippen LogP contribution in [0.5, 0.6) is 0 Å². The lowest BCUT2D eigenvalue weighted by atomic mass is 9.85. The fourth-order valence-electron chi connectivity index (χ4n) is 3.44. The molecule has 0 saturated carbocycles. The van der Waals surface area contributed by atoms with Crippen molar-refractivity contribution in [2.45, 2.75) is 51.9 Å². The Morgan fingerprint density at radius 2 is 1.96 bits per heavy atom. The molecule has 2 heterocycles. The van der Waals surface area contributed by atoms with Gasteiger partial charge in [-0.3, -0.25) is 0 Å². The number of carbonyl (C=O) groups excluding carboxylic acids is 3. The van der Waals surface area contributed by atoms with Crippen molar-refractivity contribution in [2.75, 3.05) is 0 Å². The van der Waals surface area contributed by atoms with Gasteiger partial charge in [-0.15, -0.1) is 0 Å². The van der Waals surface area contributed by atoms with Crippen LogP contribution in [0.15, 0.2) is 47.1 Å². The first-order valence-electron chi connectivity index (χ1n) is 8.62. The summed E-state index contributed by atoms with van der Waals surface area (Å²) in [4.78, 5) is 36.6. The average Bonchev–Trinajstić information content (AvgIpc) is 3.04. The summed E-state index contributed by atoms with van der Waals surface area (Å²) in [5, 5.41) is 0. The lowest BCUT2D eigenvalue weighted by Crippen LogP contribution is -2.34. The second-order valence-corrected chi connectivity index (χ2v) is 6.89. The Morgan fingerprint density at radius 1 is 1.23 bits per heavy atom. The number of fused-ring (bicyclic) bond motifs is 2. The van der Waals surface area contributed by atoms with Gasteiger partial charge in [-0.1, -0.05) is 18.2 Å². The molecule has 26 heavy (non-hydrogen) atoms. The molecule has 4 atom stereocenters. The Balaban J connectivity index is 2.00. The van der Waals surface area contributed by atoms with Crippen LogP contribution < -0.4 is 0 Å². The molecule has 0 aromatic carbocycles. The first-order chi connectivity index (χ1) is 12.3. The SMILES string of the molecule is C=C1C(=O)O[C@@H]2/C=C(/C)C[C@H]3C=C(C[C@H](OC(=O)/C(C)=C\C)[C@H]12)C(=O)O3. The highest BCUT2D eigenvalue weighted by molar-refractivity contribution is 5.93. The van der Waals surface area contributed by atoms with E-state index in [2.05, 4.69) is 6.58 Å². The van der Waals surface area contributed by atoms with E-state index in [4.69, 9.17) is 14.2 Å². The number of ether oxygens (including phenoxy) is 3. The third-order valence-corrected chi connectivity index (χ3v) is 4.98. The van der Waals surface area contributed by atoms with Crippen LogP contribution in [0.1, 0.15) is 33.6 Å². The molecule has 6 heteroatoms. The van der Waals surface area contributed by atoms with Crippen molar-refractivity contribution in [1.82, 2.24) is 0 Å². The monoisotopic (exact) mass is 358 g/mol. The van der Waals surface area contributed by atoms with Crippen LogP contribution in [0.25, 0.3) is 0 Å². The molecule has 2 aliphatic heterocycles. The molecule has 0 unspecified atom stereocenters.